The van der Waals surface area contributed by atoms with E-state index in [4.69, 9.17) is 11.5 Å². The lowest BCUT2D eigenvalue weighted by atomic mass is 10.1. The lowest BCUT2D eigenvalue weighted by Crippen LogP contribution is -2.53. The molecule has 27 heavy (non-hydrogen) atoms. The first-order valence-corrected chi connectivity index (χ1v) is 9.66. The minimum Gasteiger partial charge on any atom is -0.368 e. The van der Waals surface area contributed by atoms with E-state index in [9.17, 15) is 14.4 Å². The van der Waals surface area contributed by atoms with E-state index in [-0.39, 0.29) is 12.5 Å². The maximum atomic E-state index is 12.1. The second kappa shape index (κ2) is 12.7. The number of nitrogens with one attached hydrogen (secondary N) is 1. The molecule has 0 spiro atoms. The number of primary amides is 2. The molecule has 7 nitrogen and oxygen atoms in total. The van der Waals surface area contributed by atoms with Gasteiger partial charge in [0.25, 0.3) is 0 Å². The average Bonchev–Trinajstić information content (AvgIpc) is 2.64. The molecule has 4 amide bonds. The van der Waals surface area contributed by atoms with Gasteiger partial charge in [-0.05, 0) is 18.6 Å². The molecular formula is C20H32N4O3. The van der Waals surface area contributed by atoms with Gasteiger partial charge in [-0.3, -0.25) is 14.5 Å². The van der Waals surface area contributed by atoms with Gasteiger partial charge in [0.05, 0.1) is 6.54 Å². The number of benzene rings is 1. The van der Waals surface area contributed by atoms with Crippen molar-refractivity contribution in [2.45, 2.75) is 64.3 Å². The van der Waals surface area contributed by atoms with Crippen molar-refractivity contribution < 1.29 is 14.4 Å². The first kappa shape index (κ1) is 22.5. The van der Waals surface area contributed by atoms with E-state index in [2.05, 4.69) is 12.2 Å². The normalized spacial score (nSPS) is 11.6. The molecule has 5 N–H and O–H groups in total. The molecule has 1 rings (SSSR count). The van der Waals surface area contributed by atoms with Crippen molar-refractivity contribution in [1.29, 1.82) is 0 Å². The summed E-state index contributed by atoms with van der Waals surface area (Å²) in [4.78, 5) is 36.8. The van der Waals surface area contributed by atoms with Gasteiger partial charge < -0.3 is 16.8 Å². The molecule has 0 aliphatic rings. The van der Waals surface area contributed by atoms with Crippen LogP contribution in [0.15, 0.2) is 30.3 Å². The molecule has 0 saturated carbocycles. The minimum absolute atomic E-state index is 0.0998. The third-order valence-electron chi connectivity index (χ3n) is 4.39. The van der Waals surface area contributed by atoms with E-state index in [1.54, 1.807) is 30.3 Å². The summed E-state index contributed by atoms with van der Waals surface area (Å²) < 4.78 is 0. The Labute approximate surface area is 161 Å². The molecule has 0 fully saturated rings. The number of hydrogen-bond donors (Lipinski definition) is 3. The Morgan fingerprint density at radius 3 is 2.11 bits per heavy atom. The Balaban J connectivity index is 2.49. The molecule has 1 aromatic carbocycles. The first-order valence-electron chi connectivity index (χ1n) is 9.66. The molecular weight excluding hydrogens is 344 g/mol. The van der Waals surface area contributed by atoms with Crippen molar-refractivity contribution in [2.24, 2.45) is 11.5 Å². The summed E-state index contributed by atoms with van der Waals surface area (Å²) in [5, 5.41) is 2.62. The predicted molar refractivity (Wildman–Crippen MR) is 107 cm³/mol. The van der Waals surface area contributed by atoms with Gasteiger partial charge >= 0.3 is 6.03 Å². The van der Waals surface area contributed by atoms with Crippen molar-refractivity contribution in [2.75, 3.05) is 11.4 Å². The van der Waals surface area contributed by atoms with Crippen molar-refractivity contribution in [3.05, 3.63) is 30.3 Å². The van der Waals surface area contributed by atoms with Crippen molar-refractivity contribution in [3.63, 3.8) is 0 Å². The van der Waals surface area contributed by atoms with Crippen LogP contribution in [-0.4, -0.2) is 30.4 Å². The van der Waals surface area contributed by atoms with Gasteiger partial charge in [-0.2, -0.15) is 0 Å². The van der Waals surface area contributed by atoms with E-state index in [0.717, 1.165) is 19.3 Å². The molecule has 0 aromatic heterocycles. The summed E-state index contributed by atoms with van der Waals surface area (Å²) >= 11 is 0. The Kier molecular flexibility index (Phi) is 10.6. The van der Waals surface area contributed by atoms with Crippen LogP contribution in [0, 0.1) is 0 Å². The number of carbonyl (C=O) groups is 3. The number of para-hydroxylation sites is 1. The van der Waals surface area contributed by atoms with Gasteiger partial charge in [0.15, 0.2) is 0 Å². The van der Waals surface area contributed by atoms with Crippen LogP contribution >= 0.6 is 0 Å². The molecule has 7 heteroatoms. The zero-order valence-electron chi connectivity index (χ0n) is 16.2. The van der Waals surface area contributed by atoms with E-state index < -0.39 is 18.0 Å². The van der Waals surface area contributed by atoms with Crippen LogP contribution in [0.3, 0.4) is 0 Å². The Bertz CT molecular complexity index is 592. The zero-order chi connectivity index (χ0) is 20.1. The standard InChI is InChI=1S/C20H32N4O3/c1-2-3-4-5-6-7-11-14-18(25)23-17(19(21)26)15-24(20(22)27)16-12-9-8-10-13-16/h8-10,12-13,17H,2-7,11,14-15H2,1H3,(H2,21,26)(H2,22,27)(H,23,25). The number of rotatable bonds is 13. The number of carbonyl (C=O) groups excluding carboxylic acids is 3. The highest BCUT2D eigenvalue weighted by atomic mass is 16.2. The Hall–Kier alpha value is -2.57. The quantitative estimate of drug-likeness (QED) is 0.459. The molecule has 0 radical (unpaired) electrons. The first-order chi connectivity index (χ1) is 13.0. The summed E-state index contributed by atoms with van der Waals surface area (Å²) in [7, 11) is 0. The SMILES string of the molecule is CCCCCCCCCC(=O)NC(CN(C(N)=O)c1ccccc1)C(N)=O. The third-order valence-corrected chi connectivity index (χ3v) is 4.39. The fourth-order valence-electron chi connectivity index (χ4n) is 2.83. The smallest absolute Gasteiger partial charge is 0.319 e. The fourth-order valence-corrected chi connectivity index (χ4v) is 2.83. The third kappa shape index (κ3) is 9.08. The van der Waals surface area contributed by atoms with Gasteiger partial charge in [-0.15, -0.1) is 0 Å². The maximum Gasteiger partial charge on any atom is 0.319 e. The number of nitrogens with zero attached hydrogens (tertiary/aromatic N) is 1. The number of urea groups is 1. The molecule has 0 aliphatic carbocycles. The van der Waals surface area contributed by atoms with Crippen LogP contribution in [0.4, 0.5) is 10.5 Å². The summed E-state index contributed by atoms with van der Waals surface area (Å²) in [5.74, 6) is -0.949. The van der Waals surface area contributed by atoms with E-state index in [0.29, 0.717) is 12.1 Å². The summed E-state index contributed by atoms with van der Waals surface area (Å²) in [6.45, 7) is 2.08. The van der Waals surface area contributed by atoms with Crippen LogP contribution < -0.4 is 21.7 Å². The lowest BCUT2D eigenvalue weighted by molar-refractivity contribution is -0.127. The number of nitrogens with two attached hydrogens (primary N) is 2. The van der Waals surface area contributed by atoms with Gasteiger partial charge in [0.2, 0.25) is 11.8 Å². The molecule has 150 valence electrons. The van der Waals surface area contributed by atoms with Crippen LogP contribution in [0.25, 0.3) is 0 Å². The van der Waals surface area contributed by atoms with Crippen LogP contribution in [0.1, 0.15) is 58.3 Å². The molecule has 0 saturated heterocycles. The molecule has 0 heterocycles. The highest BCUT2D eigenvalue weighted by Crippen LogP contribution is 2.13. The number of hydrogen-bond acceptors (Lipinski definition) is 3. The van der Waals surface area contributed by atoms with Gasteiger partial charge in [-0.25, -0.2) is 4.79 Å². The average molecular weight is 377 g/mol. The molecule has 1 aromatic rings. The molecule has 0 aliphatic heterocycles. The van der Waals surface area contributed by atoms with Crippen molar-refractivity contribution in [1.82, 2.24) is 5.32 Å². The number of anilines is 1. The number of amides is 4. The van der Waals surface area contributed by atoms with Crippen LogP contribution in [0.5, 0.6) is 0 Å². The highest BCUT2D eigenvalue weighted by molar-refractivity contribution is 5.93. The predicted octanol–water partition coefficient (Wildman–Crippen LogP) is 2.68. The van der Waals surface area contributed by atoms with Gasteiger partial charge in [0, 0.05) is 12.1 Å². The zero-order valence-corrected chi connectivity index (χ0v) is 16.2. The van der Waals surface area contributed by atoms with Gasteiger partial charge in [-0.1, -0.05) is 63.6 Å². The van der Waals surface area contributed by atoms with Crippen molar-refractivity contribution >= 4 is 23.5 Å². The largest absolute Gasteiger partial charge is 0.368 e. The molecule has 1 unspecified atom stereocenters. The van der Waals surface area contributed by atoms with E-state index in [1.165, 1.54) is 30.6 Å². The van der Waals surface area contributed by atoms with Crippen LogP contribution in [-0.2, 0) is 9.59 Å². The lowest BCUT2D eigenvalue weighted by Gasteiger charge is -2.25. The maximum absolute atomic E-state index is 12.1. The topological polar surface area (TPSA) is 119 Å². The van der Waals surface area contributed by atoms with Crippen LogP contribution in [0.2, 0.25) is 0 Å². The highest BCUT2D eigenvalue weighted by Gasteiger charge is 2.24. The van der Waals surface area contributed by atoms with Crippen molar-refractivity contribution in [3.8, 4) is 0 Å². The summed E-state index contributed by atoms with van der Waals surface area (Å²) in [6, 6.07) is 7.00. The van der Waals surface area contributed by atoms with E-state index >= 15 is 0 Å². The second-order valence-corrected chi connectivity index (χ2v) is 6.68. The monoisotopic (exact) mass is 376 g/mol. The number of unbranched alkanes of at least 4 members (excludes halogenated alkanes) is 6. The van der Waals surface area contributed by atoms with E-state index in [1.807, 2.05) is 0 Å². The minimum atomic E-state index is -0.991. The molecule has 1 atom stereocenters. The Morgan fingerprint density at radius 2 is 1.56 bits per heavy atom. The summed E-state index contributed by atoms with van der Waals surface area (Å²) in [6.07, 6.45) is 8.06. The summed E-state index contributed by atoms with van der Waals surface area (Å²) in [5.41, 5.74) is 11.4. The Morgan fingerprint density at radius 1 is 0.963 bits per heavy atom. The fraction of sp³-hybridized carbons (Fsp3) is 0.550. The second-order valence-electron chi connectivity index (χ2n) is 6.68. The van der Waals surface area contributed by atoms with Gasteiger partial charge in [0.1, 0.15) is 6.04 Å². The molecule has 0 bridgehead atoms.